The van der Waals surface area contributed by atoms with Crippen LogP contribution in [0.15, 0.2) is 18.2 Å². The topological polar surface area (TPSA) is 122 Å². The maximum Gasteiger partial charge on any atom is 0.326 e. The number of aryl methyl sites for hydroxylation is 2. The van der Waals surface area contributed by atoms with Crippen LogP contribution < -0.4 is 10.6 Å². The number of rotatable bonds is 16. The number of hydrogen-bond donors (Lipinski definition) is 3. The zero-order valence-corrected chi connectivity index (χ0v) is 24.8. The summed E-state index contributed by atoms with van der Waals surface area (Å²) >= 11 is 12.1. The van der Waals surface area contributed by atoms with Crippen LogP contribution in [0.5, 0.6) is 0 Å². The number of methoxy groups -OCH3 is 1. The van der Waals surface area contributed by atoms with E-state index in [1.54, 1.807) is 13.8 Å². The summed E-state index contributed by atoms with van der Waals surface area (Å²) in [6.07, 6.45) is 4.13. The first-order chi connectivity index (χ1) is 19.0. The van der Waals surface area contributed by atoms with E-state index in [1.807, 2.05) is 4.90 Å². The van der Waals surface area contributed by atoms with E-state index in [9.17, 15) is 19.1 Å². The summed E-state index contributed by atoms with van der Waals surface area (Å²) in [6, 6.07) is 4.44. The molecule has 1 aliphatic rings. The first-order valence-electron chi connectivity index (χ1n) is 13.5. The standard InChI is InChI=1S/C27H39Cl2FN6O4/c1-27(2,36-23(29)15-22(28)34-36)26(39)33-21(25(37)38)11-14-35(17-20(16-30)40-3)13-5-4-8-19-10-9-18-7-6-12-31-24(18)32-19/h9-10,15,20-21H,4-8,11-14,16-17H2,1-3H3,(H,31,32)(H,33,39)(H,37,38)/t20-,21+/m1/s1. The molecule has 0 spiro atoms. The minimum atomic E-state index is -1.28. The van der Waals surface area contributed by atoms with E-state index >= 15 is 0 Å². The van der Waals surface area contributed by atoms with Gasteiger partial charge in [0.2, 0.25) is 5.91 Å². The van der Waals surface area contributed by atoms with Gasteiger partial charge < -0.3 is 25.4 Å². The molecule has 40 heavy (non-hydrogen) atoms. The van der Waals surface area contributed by atoms with Gasteiger partial charge in [-0.2, -0.15) is 5.10 Å². The van der Waals surface area contributed by atoms with Crippen molar-refractivity contribution in [1.82, 2.24) is 25.0 Å². The largest absolute Gasteiger partial charge is 0.480 e. The lowest BCUT2D eigenvalue weighted by Gasteiger charge is -2.29. The average Bonchev–Trinajstić information content (AvgIpc) is 3.29. The molecule has 0 saturated carbocycles. The lowest BCUT2D eigenvalue weighted by Crippen LogP contribution is -2.52. The van der Waals surface area contributed by atoms with Gasteiger partial charge in [0, 0.05) is 38.5 Å². The number of alkyl halides is 1. The molecule has 3 N–H and O–H groups in total. The molecule has 3 heterocycles. The SMILES string of the molecule is CO[C@H](CF)CN(CCCCc1ccc2c(n1)NCCC2)CC[C@H](NC(=O)C(C)(C)n1nc(Cl)cc1Cl)C(=O)O. The molecule has 0 radical (unpaired) electrons. The molecule has 2 atom stereocenters. The second-order valence-electron chi connectivity index (χ2n) is 10.5. The highest BCUT2D eigenvalue weighted by Gasteiger charge is 2.35. The molecular weight excluding hydrogens is 562 g/mol. The summed E-state index contributed by atoms with van der Waals surface area (Å²) in [4.78, 5) is 31.8. The zero-order chi connectivity index (χ0) is 29.3. The molecule has 2 aromatic rings. The van der Waals surface area contributed by atoms with Gasteiger partial charge in [0.15, 0.2) is 5.15 Å². The minimum absolute atomic E-state index is 0.117. The Morgan fingerprint density at radius 1 is 1.30 bits per heavy atom. The molecule has 0 aromatic carbocycles. The summed E-state index contributed by atoms with van der Waals surface area (Å²) in [7, 11) is 1.45. The molecular formula is C27H39Cl2FN6O4. The van der Waals surface area contributed by atoms with E-state index in [0.29, 0.717) is 19.6 Å². The van der Waals surface area contributed by atoms with Gasteiger partial charge in [0.25, 0.3) is 0 Å². The fraction of sp³-hybridized carbons (Fsp3) is 0.630. The normalized spacial score (nSPS) is 14.9. The number of ether oxygens (including phenoxy) is 1. The van der Waals surface area contributed by atoms with Crippen molar-refractivity contribution in [2.45, 2.75) is 70.1 Å². The number of carboxylic acids is 1. The summed E-state index contributed by atoms with van der Waals surface area (Å²) in [5.74, 6) is -0.771. The maximum atomic E-state index is 13.4. The highest BCUT2D eigenvalue weighted by Crippen LogP contribution is 2.25. The first kappa shape index (κ1) is 32.0. The number of anilines is 1. The quantitative estimate of drug-likeness (QED) is 0.248. The van der Waals surface area contributed by atoms with Gasteiger partial charge in [0.05, 0.1) is 6.10 Å². The molecule has 0 unspecified atom stereocenters. The van der Waals surface area contributed by atoms with Crippen LogP contribution in [-0.2, 0) is 32.7 Å². The number of carbonyl (C=O) groups is 2. The number of unbranched alkanes of at least 4 members (excludes halogenated alkanes) is 1. The van der Waals surface area contributed by atoms with Crippen molar-refractivity contribution in [2.24, 2.45) is 0 Å². The fourth-order valence-corrected chi connectivity index (χ4v) is 5.23. The Labute approximate surface area is 244 Å². The lowest BCUT2D eigenvalue weighted by atomic mass is 10.0. The van der Waals surface area contributed by atoms with Gasteiger partial charge in [-0.3, -0.25) is 4.79 Å². The van der Waals surface area contributed by atoms with Crippen LogP contribution in [0.2, 0.25) is 10.3 Å². The fourth-order valence-electron chi connectivity index (χ4n) is 4.64. The summed E-state index contributed by atoms with van der Waals surface area (Å²) < 4.78 is 19.9. The molecule has 1 amide bonds. The number of pyridine rings is 1. The number of halogens is 3. The summed E-state index contributed by atoms with van der Waals surface area (Å²) in [5.41, 5.74) is 0.985. The predicted octanol–water partition coefficient (Wildman–Crippen LogP) is 3.95. The summed E-state index contributed by atoms with van der Waals surface area (Å²) in [6.45, 7) is 4.68. The number of carboxylic acid groups (broad SMARTS) is 1. The lowest BCUT2D eigenvalue weighted by molar-refractivity contribution is -0.143. The molecule has 0 fully saturated rings. The van der Waals surface area contributed by atoms with Gasteiger partial charge in [-0.25, -0.2) is 18.9 Å². The number of nitrogens with zero attached hydrogens (tertiary/aromatic N) is 4. The minimum Gasteiger partial charge on any atom is -0.480 e. The van der Waals surface area contributed by atoms with Crippen LogP contribution in [0.3, 0.4) is 0 Å². The Hall–Kier alpha value is -2.47. The molecule has 10 nitrogen and oxygen atoms in total. The molecule has 0 saturated heterocycles. The van der Waals surface area contributed by atoms with E-state index in [4.69, 9.17) is 32.9 Å². The third kappa shape index (κ3) is 8.76. The van der Waals surface area contributed by atoms with Gasteiger partial charge in [-0.15, -0.1) is 0 Å². The maximum absolute atomic E-state index is 13.4. The van der Waals surface area contributed by atoms with Gasteiger partial charge in [-0.05, 0) is 70.5 Å². The Balaban J connectivity index is 1.57. The Morgan fingerprint density at radius 3 is 2.73 bits per heavy atom. The summed E-state index contributed by atoms with van der Waals surface area (Å²) in [5, 5.41) is 20.1. The number of carbonyl (C=O) groups excluding carboxylic acids is 1. The van der Waals surface area contributed by atoms with Crippen molar-refractivity contribution in [3.05, 3.63) is 39.8 Å². The smallest absolute Gasteiger partial charge is 0.326 e. The molecule has 13 heteroatoms. The Kier molecular flexibility index (Phi) is 12.0. The second kappa shape index (κ2) is 15.0. The highest BCUT2D eigenvalue weighted by atomic mass is 35.5. The number of nitrogens with one attached hydrogen (secondary N) is 2. The van der Waals surface area contributed by atoms with Crippen LogP contribution in [0.1, 0.15) is 50.8 Å². The number of amides is 1. The van der Waals surface area contributed by atoms with Crippen molar-refractivity contribution < 1.29 is 23.8 Å². The first-order valence-corrected chi connectivity index (χ1v) is 14.3. The van der Waals surface area contributed by atoms with Crippen molar-refractivity contribution in [3.63, 3.8) is 0 Å². The van der Waals surface area contributed by atoms with E-state index < -0.39 is 36.2 Å². The van der Waals surface area contributed by atoms with Crippen molar-refractivity contribution in [2.75, 3.05) is 45.3 Å². The molecule has 3 rings (SSSR count). The number of aliphatic carboxylic acids is 1. The van der Waals surface area contributed by atoms with Crippen molar-refractivity contribution >= 4 is 40.9 Å². The van der Waals surface area contributed by atoms with E-state index in [1.165, 1.54) is 23.4 Å². The number of fused-ring (bicyclic) bond motifs is 1. The number of aromatic nitrogens is 3. The van der Waals surface area contributed by atoms with E-state index in [2.05, 4.69) is 27.9 Å². The van der Waals surface area contributed by atoms with Crippen LogP contribution in [0.25, 0.3) is 0 Å². The Morgan fingerprint density at radius 2 is 2.08 bits per heavy atom. The molecule has 2 aromatic heterocycles. The van der Waals surface area contributed by atoms with Crippen molar-refractivity contribution in [3.8, 4) is 0 Å². The van der Waals surface area contributed by atoms with Crippen LogP contribution in [0, 0.1) is 0 Å². The molecule has 1 aliphatic heterocycles. The van der Waals surface area contributed by atoms with E-state index in [-0.39, 0.29) is 16.7 Å². The third-order valence-corrected chi connectivity index (χ3v) is 7.59. The van der Waals surface area contributed by atoms with E-state index in [0.717, 1.165) is 50.2 Å². The van der Waals surface area contributed by atoms with Gasteiger partial charge >= 0.3 is 5.97 Å². The zero-order valence-electron chi connectivity index (χ0n) is 23.3. The number of hydrogen-bond acceptors (Lipinski definition) is 7. The predicted molar refractivity (Wildman–Crippen MR) is 153 cm³/mol. The molecule has 0 bridgehead atoms. The van der Waals surface area contributed by atoms with Crippen LogP contribution in [-0.4, -0.2) is 88.8 Å². The molecule has 222 valence electrons. The third-order valence-electron chi connectivity index (χ3n) is 7.14. The van der Waals surface area contributed by atoms with Crippen LogP contribution >= 0.6 is 23.2 Å². The molecule has 0 aliphatic carbocycles. The average molecular weight is 602 g/mol. The van der Waals surface area contributed by atoms with Gasteiger partial charge in [-0.1, -0.05) is 29.3 Å². The second-order valence-corrected chi connectivity index (χ2v) is 11.3. The monoisotopic (exact) mass is 600 g/mol. The highest BCUT2D eigenvalue weighted by molar-refractivity contribution is 6.33. The van der Waals surface area contributed by atoms with Crippen molar-refractivity contribution in [1.29, 1.82) is 0 Å². The van der Waals surface area contributed by atoms with Crippen LogP contribution in [0.4, 0.5) is 10.2 Å². The van der Waals surface area contributed by atoms with Gasteiger partial charge in [0.1, 0.15) is 29.2 Å². The Bertz CT molecular complexity index is 1140.